The summed E-state index contributed by atoms with van der Waals surface area (Å²) >= 11 is 0. The fourth-order valence-electron chi connectivity index (χ4n) is 3.06. The largest absolute Gasteiger partial charge is 0.506 e. The van der Waals surface area contributed by atoms with Crippen molar-refractivity contribution in [3.8, 4) is 0 Å². The molecule has 4 nitrogen and oxygen atoms in total. The molecule has 14 heavy (non-hydrogen) atoms. The smallest absolute Gasteiger partial charge is 0.450 e. The Labute approximate surface area is 83.4 Å². The molecule has 0 saturated heterocycles. The average molecular weight is 199 g/mol. The van der Waals surface area contributed by atoms with Crippen molar-refractivity contribution in [2.75, 3.05) is 0 Å². The lowest BCUT2D eigenvalue weighted by molar-refractivity contribution is -0.136. The molecule has 4 heteroatoms. The van der Waals surface area contributed by atoms with Gasteiger partial charge in [0.05, 0.1) is 0 Å². The summed E-state index contributed by atoms with van der Waals surface area (Å²) < 4.78 is 4.79. The van der Waals surface area contributed by atoms with E-state index < -0.39 is 6.16 Å². The van der Waals surface area contributed by atoms with Crippen LogP contribution in [0.25, 0.3) is 0 Å². The highest BCUT2D eigenvalue weighted by atomic mass is 16.7. The van der Waals surface area contributed by atoms with Crippen LogP contribution in [0.15, 0.2) is 0 Å². The monoisotopic (exact) mass is 199 g/mol. The van der Waals surface area contributed by atoms with Crippen LogP contribution in [0.4, 0.5) is 4.79 Å². The van der Waals surface area contributed by atoms with Crippen molar-refractivity contribution in [2.45, 2.75) is 38.8 Å². The summed E-state index contributed by atoms with van der Waals surface area (Å²) in [6.45, 7) is 4.42. The van der Waals surface area contributed by atoms with E-state index in [9.17, 15) is 4.79 Å². The minimum atomic E-state index is -1.20. The van der Waals surface area contributed by atoms with Gasteiger partial charge in [-0.2, -0.15) is 0 Å². The van der Waals surface area contributed by atoms with Gasteiger partial charge in [-0.1, -0.05) is 13.8 Å². The Morgan fingerprint density at radius 1 is 1.50 bits per heavy atom. The third-order valence-electron chi connectivity index (χ3n) is 4.21. The van der Waals surface area contributed by atoms with Gasteiger partial charge in [-0.15, -0.1) is 0 Å². The van der Waals surface area contributed by atoms with Gasteiger partial charge in [0, 0.05) is 6.04 Å². The number of carboxylic acid groups (broad SMARTS) is 1. The molecule has 0 aromatic heterocycles. The number of ether oxygens (including phenoxy) is 1. The number of fused-ring (bicyclic) bond motifs is 2. The normalized spacial score (nSPS) is 43.9. The molecule has 3 aliphatic rings. The number of rotatable bonds is 1. The Kier molecular flexibility index (Phi) is 2.00. The topological polar surface area (TPSA) is 72.5 Å². The van der Waals surface area contributed by atoms with Crippen LogP contribution in [-0.4, -0.2) is 23.4 Å². The first kappa shape index (κ1) is 9.77. The first-order valence-corrected chi connectivity index (χ1v) is 5.08. The van der Waals surface area contributed by atoms with E-state index in [1.54, 1.807) is 0 Å². The quantitative estimate of drug-likeness (QED) is 0.627. The first-order chi connectivity index (χ1) is 6.43. The molecule has 3 saturated carbocycles. The second-order valence-electron chi connectivity index (χ2n) is 5.10. The molecular weight excluding hydrogens is 182 g/mol. The van der Waals surface area contributed by atoms with Gasteiger partial charge in [-0.3, -0.25) is 0 Å². The molecule has 2 bridgehead atoms. The Bertz CT molecular complexity index is 264. The summed E-state index contributed by atoms with van der Waals surface area (Å²) in [5.41, 5.74) is 6.27. The highest BCUT2D eigenvalue weighted by molar-refractivity contribution is 5.57. The second-order valence-corrected chi connectivity index (χ2v) is 5.10. The van der Waals surface area contributed by atoms with Gasteiger partial charge in [0.25, 0.3) is 0 Å². The maximum Gasteiger partial charge on any atom is 0.506 e. The van der Waals surface area contributed by atoms with E-state index in [1.165, 1.54) is 0 Å². The van der Waals surface area contributed by atoms with Gasteiger partial charge in [0.15, 0.2) is 0 Å². The van der Waals surface area contributed by atoms with Crippen LogP contribution >= 0.6 is 0 Å². The lowest BCUT2D eigenvalue weighted by Crippen LogP contribution is -2.64. The molecule has 0 aromatic rings. The highest BCUT2D eigenvalue weighted by Gasteiger charge is 2.57. The van der Waals surface area contributed by atoms with E-state index in [4.69, 9.17) is 15.6 Å². The fraction of sp³-hybridized carbons (Fsp3) is 0.900. The second kappa shape index (κ2) is 2.86. The minimum Gasteiger partial charge on any atom is -0.450 e. The first-order valence-electron chi connectivity index (χ1n) is 5.08. The van der Waals surface area contributed by atoms with Crippen LogP contribution < -0.4 is 5.73 Å². The van der Waals surface area contributed by atoms with Crippen molar-refractivity contribution in [1.82, 2.24) is 0 Å². The standard InChI is InChI=1S/C10H17NO3/c1-10(2)5-3-6(10)8(11)7(4-5)14-9(12)13/h5-8H,3-4,11H2,1-2H3,(H,12,13)/t5-,6+,7-,8-/m0/s1. The lowest BCUT2D eigenvalue weighted by atomic mass is 9.46. The van der Waals surface area contributed by atoms with Gasteiger partial charge in [0.1, 0.15) is 6.10 Å². The summed E-state index contributed by atoms with van der Waals surface area (Å²) in [7, 11) is 0. The fourth-order valence-corrected chi connectivity index (χ4v) is 3.06. The number of nitrogens with two attached hydrogens (primary N) is 1. The molecule has 0 spiro atoms. The van der Waals surface area contributed by atoms with Crippen LogP contribution in [0, 0.1) is 17.3 Å². The molecule has 0 aliphatic heterocycles. The highest BCUT2D eigenvalue weighted by Crippen LogP contribution is 2.59. The molecule has 3 N–H and O–H groups in total. The zero-order valence-corrected chi connectivity index (χ0v) is 8.56. The Balaban J connectivity index is 2.04. The van der Waals surface area contributed by atoms with Crippen molar-refractivity contribution in [3.63, 3.8) is 0 Å². The number of hydrogen-bond donors (Lipinski definition) is 2. The molecule has 4 atom stereocenters. The SMILES string of the molecule is CC1(C)[C@@H]2C[C@H](OC(=O)O)[C@@H](N)[C@H]1C2. The maximum atomic E-state index is 10.4. The van der Waals surface area contributed by atoms with E-state index >= 15 is 0 Å². The minimum absolute atomic E-state index is 0.119. The molecule has 0 heterocycles. The summed E-state index contributed by atoms with van der Waals surface area (Å²) in [6, 6.07) is -0.119. The average Bonchev–Trinajstić information content (AvgIpc) is 2.06. The van der Waals surface area contributed by atoms with Gasteiger partial charge >= 0.3 is 6.16 Å². The third-order valence-corrected chi connectivity index (χ3v) is 4.21. The number of hydrogen-bond acceptors (Lipinski definition) is 3. The Morgan fingerprint density at radius 3 is 2.57 bits per heavy atom. The molecule has 3 rings (SSSR count). The van der Waals surface area contributed by atoms with E-state index in [-0.39, 0.29) is 17.6 Å². The molecular formula is C10H17NO3. The molecule has 3 aliphatic carbocycles. The summed E-state index contributed by atoms with van der Waals surface area (Å²) in [5, 5.41) is 8.54. The van der Waals surface area contributed by atoms with E-state index in [2.05, 4.69) is 13.8 Å². The predicted molar refractivity (Wildman–Crippen MR) is 50.9 cm³/mol. The van der Waals surface area contributed by atoms with Crippen molar-refractivity contribution in [2.24, 2.45) is 23.0 Å². The molecule has 80 valence electrons. The van der Waals surface area contributed by atoms with Gasteiger partial charge in [0.2, 0.25) is 0 Å². The lowest BCUT2D eigenvalue weighted by Gasteiger charge is -2.60. The molecule has 0 amide bonds. The molecule has 3 fully saturated rings. The van der Waals surface area contributed by atoms with Crippen molar-refractivity contribution < 1.29 is 14.6 Å². The van der Waals surface area contributed by atoms with Gasteiger partial charge in [-0.25, -0.2) is 4.79 Å². The van der Waals surface area contributed by atoms with Crippen LogP contribution in [0.1, 0.15) is 26.7 Å². The van der Waals surface area contributed by atoms with Crippen LogP contribution in [0.5, 0.6) is 0 Å². The van der Waals surface area contributed by atoms with Gasteiger partial charge in [-0.05, 0) is 30.1 Å². The van der Waals surface area contributed by atoms with Crippen LogP contribution in [-0.2, 0) is 4.74 Å². The molecule has 0 aromatic carbocycles. The van der Waals surface area contributed by atoms with Gasteiger partial charge < -0.3 is 15.6 Å². The third kappa shape index (κ3) is 1.21. The summed E-state index contributed by atoms with van der Waals surface area (Å²) in [5.74, 6) is 1.00. The van der Waals surface area contributed by atoms with Crippen molar-refractivity contribution >= 4 is 6.16 Å². The van der Waals surface area contributed by atoms with Crippen molar-refractivity contribution in [3.05, 3.63) is 0 Å². The zero-order chi connectivity index (χ0) is 10.5. The summed E-state index contributed by atoms with van der Waals surface area (Å²) in [4.78, 5) is 10.4. The molecule has 0 unspecified atom stereocenters. The van der Waals surface area contributed by atoms with Crippen molar-refractivity contribution in [1.29, 1.82) is 0 Å². The molecule has 0 radical (unpaired) electrons. The number of carbonyl (C=O) groups is 1. The maximum absolute atomic E-state index is 10.4. The van der Waals surface area contributed by atoms with E-state index in [1.807, 2.05) is 0 Å². The zero-order valence-electron chi connectivity index (χ0n) is 8.56. The summed E-state index contributed by atoms with van der Waals surface area (Å²) in [6.07, 6.45) is 0.429. The van der Waals surface area contributed by atoms with E-state index in [0.29, 0.717) is 11.8 Å². The van der Waals surface area contributed by atoms with E-state index in [0.717, 1.165) is 12.8 Å². The predicted octanol–water partition coefficient (Wildman–Crippen LogP) is 1.44. The van der Waals surface area contributed by atoms with Crippen LogP contribution in [0.3, 0.4) is 0 Å². The van der Waals surface area contributed by atoms with Crippen LogP contribution in [0.2, 0.25) is 0 Å². The Hall–Kier alpha value is -0.770. The Morgan fingerprint density at radius 2 is 2.14 bits per heavy atom.